The van der Waals surface area contributed by atoms with Gasteiger partial charge in [-0.25, -0.2) is 4.98 Å². The summed E-state index contributed by atoms with van der Waals surface area (Å²) < 4.78 is 1.00. The van der Waals surface area contributed by atoms with E-state index < -0.39 is 0 Å². The van der Waals surface area contributed by atoms with Crippen LogP contribution in [0.2, 0.25) is 0 Å². The van der Waals surface area contributed by atoms with E-state index in [1.54, 1.807) is 13.2 Å². The van der Waals surface area contributed by atoms with Crippen LogP contribution in [0.1, 0.15) is 10.4 Å². The van der Waals surface area contributed by atoms with Gasteiger partial charge in [0.25, 0.3) is 5.91 Å². The number of amides is 1. The van der Waals surface area contributed by atoms with E-state index in [4.69, 9.17) is 0 Å². The van der Waals surface area contributed by atoms with Crippen LogP contribution in [-0.4, -0.2) is 22.9 Å². The van der Waals surface area contributed by atoms with Gasteiger partial charge in [0, 0.05) is 34.0 Å². The van der Waals surface area contributed by atoms with Crippen molar-refractivity contribution in [3.63, 3.8) is 0 Å². The summed E-state index contributed by atoms with van der Waals surface area (Å²) in [5.41, 5.74) is 2.36. The average molecular weight is 304 g/mol. The van der Waals surface area contributed by atoms with Crippen LogP contribution in [-0.2, 0) is 0 Å². The normalized spacial score (nSPS) is 11.0. The van der Waals surface area contributed by atoms with Gasteiger partial charge >= 0.3 is 0 Å². The average Bonchev–Trinajstić information content (AvgIpc) is 2.75. The van der Waals surface area contributed by atoms with Crippen LogP contribution in [0, 0.1) is 0 Å². The van der Waals surface area contributed by atoms with E-state index in [0.717, 1.165) is 26.4 Å². The molecular formula is C13H10BrN3O. The molecule has 2 heterocycles. The van der Waals surface area contributed by atoms with Gasteiger partial charge in [-0.05, 0) is 24.3 Å². The van der Waals surface area contributed by atoms with Gasteiger partial charge in [-0.1, -0.05) is 15.9 Å². The monoisotopic (exact) mass is 303 g/mol. The van der Waals surface area contributed by atoms with Gasteiger partial charge in [-0.15, -0.1) is 0 Å². The van der Waals surface area contributed by atoms with Crippen molar-refractivity contribution in [2.24, 2.45) is 0 Å². The molecule has 5 heteroatoms. The van der Waals surface area contributed by atoms with Crippen LogP contribution in [0.5, 0.6) is 0 Å². The highest BCUT2D eigenvalue weighted by atomic mass is 79.9. The SMILES string of the molecule is CNC(=O)c1cnc2[nH]c3ccc(Br)cc3c2c1. The van der Waals surface area contributed by atoms with Crippen molar-refractivity contribution in [3.8, 4) is 0 Å². The summed E-state index contributed by atoms with van der Waals surface area (Å²) in [6.07, 6.45) is 1.57. The molecule has 0 saturated carbocycles. The topological polar surface area (TPSA) is 57.8 Å². The molecule has 0 aliphatic heterocycles. The fourth-order valence-electron chi connectivity index (χ4n) is 2.01. The lowest BCUT2D eigenvalue weighted by Gasteiger charge is -1.99. The number of aromatic amines is 1. The Bertz CT molecular complexity index is 763. The fourth-order valence-corrected chi connectivity index (χ4v) is 2.38. The maximum atomic E-state index is 11.6. The van der Waals surface area contributed by atoms with Gasteiger partial charge in [-0.3, -0.25) is 4.79 Å². The molecule has 0 radical (unpaired) electrons. The first kappa shape index (κ1) is 11.2. The molecular weight excluding hydrogens is 294 g/mol. The van der Waals surface area contributed by atoms with Gasteiger partial charge < -0.3 is 10.3 Å². The Morgan fingerprint density at radius 3 is 2.94 bits per heavy atom. The number of carbonyl (C=O) groups excluding carboxylic acids is 1. The molecule has 18 heavy (non-hydrogen) atoms. The molecule has 90 valence electrons. The number of benzene rings is 1. The zero-order valence-electron chi connectivity index (χ0n) is 9.62. The second-order valence-corrected chi connectivity index (χ2v) is 4.93. The maximum absolute atomic E-state index is 11.6. The summed E-state index contributed by atoms with van der Waals surface area (Å²) in [7, 11) is 1.61. The lowest BCUT2D eigenvalue weighted by molar-refractivity contribution is 0.0963. The smallest absolute Gasteiger partial charge is 0.252 e. The van der Waals surface area contributed by atoms with Gasteiger partial charge in [0.2, 0.25) is 0 Å². The van der Waals surface area contributed by atoms with E-state index in [1.807, 2.05) is 24.3 Å². The lowest BCUT2D eigenvalue weighted by atomic mass is 10.1. The zero-order chi connectivity index (χ0) is 12.7. The first-order chi connectivity index (χ1) is 8.69. The molecule has 0 bridgehead atoms. The second kappa shape index (κ2) is 4.10. The third kappa shape index (κ3) is 1.67. The van der Waals surface area contributed by atoms with Crippen molar-refractivity contribution in [2.75, 3.05) is 7.05 Å². The minimum Gasteiger partial charge on any atom is -0.355 e. The fraction of sp³-hybridized carbons (Fsp3) is 0.0769. The molecule has 3 rings (SSSR count). The van der Waals surface area contributed by atoms with Crippen molar-refractivity contribution in [3.05, 3.63) is 40.5 Å². The Balaban J connectivity index is 2.34. The maximum Gasteiger partial charge on any atom is 0.252 e. The van der Waals surface area contributed by atoms with Crippen LogP contribution in [0.25, 0.3) is 21.9 Å². The Hall–Kier alpha value is -1.88. The predicted molar refractivity (Wildman–Crippen MR) is 74.7 cm³/mol. The summed E-state index contributed by atoms with van der Waals surface area (Å²) >= 11 is 3.45. The first-order valence-electron chi connectivity index (χ1n) is 5.48. The summed E-state index contributed by atoms with van der Waals surface area (Å²) in [6, 6.07) is 7.83. The molecule has 2 aromatic heterocycles. The number of H-pyrrole nitrogens is 1. The summed E-state index contributed by atoms with van der Waals surface area (Å²) in [5, 5.41) is 4.60. The molecule has 1 amide bonds. The Labute approximate surface area is 112 Å². The number of halogens is 1. The molecule has 0 atom stereocenters. The van der Waals surface area contributed by atoms with E-state index in [0.29, 0.717) is 5.56 Å². The van der Waals surface area contributed by atoms with Crippen LogP contribution in [0.15, 0.2) is 34.9 Å². The number of aromatic nitrogens is 2. The van der Waals surface area contributed by atoms with Crippen molar-refractivity contribution >= 4 is 43.8 Å². The predicted octanol–water partition coefficient (Wildman–Crippen LogP) is 2.84. The standard InChI is InChI=1S/C13H10BrN3O/c1-15-13(18)7-4-10-9-5-8(14)2-3-11(9)17-12(10)16-6-7/h2-6H,1H3,(H,15,18)(H,16,17). The highest BCUT2D eigenvalue weighted by Gasteiger charge is 2.09. The molecule has 0 aliphatic rings. The summed E-state index contributed by atoms with van der Waals surface area (Å²) in [5.74, 6) is -0.131. The number of fused-ring (bicyclic) bond motifs is 3. The highest BCUT2D eigenvalue weighted by Crippen LogP contribution is 2.27. The molecule has 2 N–H and O–H groups in total. The number of pyridine rings is 1. The Morgan fingerprint density at radius 1 is 1.33 bits per heavy atom. The number of rotatable bonds is 1. The summed E-state index contributed by atoms with van der Waals surface area (Å²) in [6.45, 7) is 0. The third-order valence-electron chi connectivity index (χ3n) is 2.90. The quantitative estimate of drug-likeness (QED) is 0.726. The van der Waals surface area contributed by atoms with Gasteiger partial charge in [0.15, 0.2) is 0 Å². The Kier molecular flexibility index (Phi) is 2.56. The molecule has 1 aromatic carbocycles. The molecule has 0 saturated heterocycles. The van der Waals surface area contributed by atoms with Gasteiger partial charge in [-0.2, -0.15) is 0 Å². The van der Waals surface area contributed by atoms with Crippen molar-refractivity contribution in [1.29, 1.82) is 0 Å². The number of nitrogens with one attached hydrogen (secondary N) is 2. The number of hydrogen-bond donors (Lipinski definition) is 2. The molecule has 0 aliphatic carbocycles. The van der Waals surface area contributed by atoms with Gasteiger partial charge in [0.05, 0.1) is 5.56 Å². The molecule has 0 spiro atoms. The van der Waals surface area contributed by atoms with Crippen LogP contribution in [0.3, 0.4) is 0 Å². The van der Waals surface area contributed by atoms with Crippen molar-refractivity contribution in [1.82, 2.24) is 15.3 Å². The number of nitrogens with zero attached hydrogens (tertiary/aromatic N) is 1. The van der Waals surface area contributed by atoms with Gasteiger partial charge in [0.1, 0.15) is 5.65 Å². The minimum absolute atomic E-state index is 0.131. The van der Waals surface area contributed by atoms with E-state index in [2.05, 4.69) is 31.2 Å². The van der Waals surface area contributed by atoms with Crippen LogP contribution >= 0.6 is 15.9 Å². The number of carbonyl (C=O) groups is 1. The van der Waals surface area contributed by atoms with E-state index in [9.17, 15) is 4.79 Å². The summed E-state index contributed by atoms with van der Waals surface area (Å²) in [4.78, 5) is 19.1. The highest BCUT2D eigenvalue weighted by molar-refractivity contribution is 9.10. The zero-order valence-corrected chi connectivity index (χ0v) is 11.2. The largest absolute Gasteiger partial charge is 0.355 e. The third-order valence-corrected chi connectivity index (χ3v) is 3.40. The number of hydrogen-bond acceptors (Lipinski definition) is 2. The molecule has 4 nitrogen and oxygen atoms in total. The molecule has 0 unspecified atom stereocenters. The Morgan fingerprint density at radius 2 is 2.17 bits per heavy atom. The molecule has 0 fully saturated rings. The second-order valence-electron chi connectivity index (χ2n) is 4.01. The first-order valence-corrected chi connectivity index (χ1v) is 6.27. The van der Waals surface area contributed by atoms with Crippen LogP contribution < -0.4 is 5.32 Å². The van der Waals surface area contributed by atoms with E-state index in [-0.39, 0.29) is 5.91 Å². The van der Waals surface area contributed by atoms with Crippen LogP contribution in [0.4, 0.5) is 0 Å². The lowest BCUT2D eigenvalue weighted by Crippen LogP contribution is -2.17. The van der Waals surface area contributed by atoms with Crippen molar-refractivity contribution < 1.29 is 4.79 Å². The van der Waals surface area contributed by atoms with E-state index >= 15 is 0 Å². The molecule has 3 aromatic rings. The van der Waals surface area contributed by atoms with E-state index in [1.165, 1.54) is 0 Å². The minimum atomic E-state index is -0.131. The van der Waals surface area contributed by atoms with Crippen molar-refractivity contribution in [2.45, 2.75) is 0 Å².